The predicted molar refractivity (Wildman–Crippen MR) is 515 cm³/mol. The van der Waals surface area contributed by atoms with Gasteiger partial charge in [0.05, 0.1) is 92.0 Å². The van der Waals surface area contributed by atoms with Crippen molar-refractivity contribution in [3.8, 4) is 45.2 Å². The second-order valence-electron chi connectivity index (χ2n) is 34.0. The predicted octanol–water partition coefficient (Wildman–Crippen LogP) is 20.9. The van der Waals surface area contributed by atoms with Crippen LogP contribution >= 0.6 is 0 Å². The number of benzene rings is 5. The maximum atomic E-state index is 13.4. The van der Waals surface area contributed by atoms with E-state index in [9.17, 15) is 17.6 Å². The Morgan fingerprint density at radius 2 is 0.682 bits per heavy atom. The molecule has 0 aliphatic carbocycles. The third kappa shape index (κ3) is 20.0. The summed E-state index contributed by atoms with van der Waals surface area (Å²) in [5.74, 6) is 3.84. The summed E-state index contributed by atoms with van der Waals surface area (Å²) in [5.41, 5.74) is 23.3. The van der Waals surface area contributed by atoms with Crippen molar-refractivity contribution in [2.75, 3.05) is 146 Å². The first kappa shape index (κ1) is 87.3. The number of ether oxygens (including phenoxy) is 1. The lowest BCUT2D eigenvalue weighted by atomic mass is 10.0. The zero-order valence-corrected chi connectivity index (χ0v) is 74.1. The van der Waals surface area contributed by atoms with E-state index in [0.29, 0.717) is 30.9 Å². The van der Waals surface area contributed by atoms with Gasteiger partial charge in [0.25, 0.3) is 0 Å². The number of aromatic amines is 4. The van der Waals surface area contributed by atoms with Crippen molar-refractivity contribution in [3.05, 3.63) is 264 Å². The second kappa shape index (κ2) is 39.6. The molecule has 4 fully saturated rings. The van der Waals surface area contributed by atoms with Crippen LogP contribution in [0.5, 0.6) is 0 Å². The standard InChI is InChI=1S/C26H29FN6.2C25H27FN6.C25H26FN5O/c1-16(2)20-8-9-21(18-4-6-19(27)7-5-18)31-25(20)32-22-14-17(3)30-26-24(22)23(15-29-26)33-12-10-28-11-13-33;1-16(2)19-7-8-20(17-3-5-18(26)6-4-17)30-24(19)31-21-9-10-28-25-23(21)22(15-29-25)32-13-11-27-12-14-32;1-16(2)19-14-29-24(17-6-8-18(26)9-7-17)31-25(19)30-21-5-3-4-20-23(21)22(15-28-20)32-12-10-27-11-13-32;1-16(2)19-7-8-20(17-3-5-18(26)6-4-17)29-24(19)30-21-9-10-27-25-23(21)22(15-28-25)31-11-13-32-14-12-31/h4-9,14-16,28H,10-13H2,1-3H3,(H2,29,30,31,32);3-10,15-16,27H,11-14H2,1-2H3,(H2,28,29,30,31);3-9,14-16,27-28H,10-13H2,1-2H3,(H,29,30,31);3-10,15-16H,11-14H2,1-2H3,(H2,27,28,29,30). The molecule has 4 aliphatic rings. The van der Waals surface area contributed by atoms with Crippen LogP contribution in [0.25, 0.3) is 89.2 Å². The van der Waals surface area contributed by atoms with Gasteiger partial charge in [0, 0.05) is 179 Å². The number of hydrogen-bond acceptors (Lipinski definition) is 20. The number of aromatic nitrogens is 12. The molecule has 0 bridgehead atoms. The molecule has 11 N–H and O–H groups in total. The quantitative estimate of drug-likeness (QED) is 0.0317. The van der Waals surface area contributed by atoms with Gasteiger partial charge in [0.2, 0.25) is 0 Å². The Hall–Kier alpha value is -13.8. The van der Waals surface area contributed by atoms with Gasteiger partial charge < -0.3 is 81.5 Å². The van der Waals surface area contributed by atoms with Crippen LogP contribution in [-0.4, -0.2) is 165 Å². The molecule has 0 saturated carbocycles. The zero-order chi connectivity index (χ0) is 89.2. The third-order valence-electron chi connectivity index (χ3n) is 23.9. The van der Waals surface area contributed by atoms with Gasteiger partial charge in [-0.1, -0.05) is 79.7 Å². The number of aryl methyl sites for hydroxylation is 1. The Kier molecular flexibility index (Phi) is 26.8. The fraction of sp³-hybridized carbons (Fsp3) is 0.287. The van der Waals surface area contributed by atoms with E-state index in [2.05, 4.69) is 196 Å². The minimum atomic E-state index is -0.273. The van der Waals surface area contributed by atoms with Gasteiger partial charge in [-0.2, -0.15) is 0 Å². The van der Waals surface area contributed by atoms with Crippen molar-refractivity contribution in [1.82, 2.24) is 75.8 Å². The van der Waals surface area contributed by atoms with Gasteiger partial charge >= 0.3 is 0 Å². The molecule has 0 unspecified atom stereocenters. The highest BCUT2D eigenvalue weighted by atomic mass is 19.1. The summed E-state index contributed by atoms with van der Waals surface area (Å²) in [4.78, 5) is 60.9. The molecule has 0 spiro atoms. The molecule has 0 radical (unpaired) electrons. The highest BCUT2D eigenvalue weighted by molar-refractivity contribution is 6.06. The van der Waals surface area contributed by atoms with Crippen LogP contribution in [0.4, 0.5) is 86.3 Å². The number of H-pyrrole nitrogens is 4. The van der Waals surface area contributed by atoms with Crippen LogP contribution in [0, 0.1) is 30.2 Å². The van der Waals surface area contributed by atoms with Crippen molar-refractivity contribution in [2.45, 2.75) is 86.0 Å². The van der Waals surface area contributed by atoms with Gasteiger partial charge in [-0.3, -0.25) is 0 Å². The highest BCUT2D eigenvalue weighted by Gasteiger charge is 2.27. The molecule has 11 aromatic heterocycles. The number of piperazine rings is 3. The molecule has 129 heavy (non-hydrogen) atoms. The zero-order valence-electron chi connectivity index (χ0n) is 74.1. The lowest BCUT2D eigenvalue weighted by Gasteiger charge is -2.29. The molecule has 20 rings (SSSR count). The van der Waals surface area contributed by atoms with Crippen LogP contribution in [0.15, 0.2) is 213 Å². The van der Waals surface area contributed by atoms with Crippen LogP contribution in [0.1, 0.15) is 107 Å². The minimum Gasteiger partial charge on any atom is -0.378 e. The minimum absolute atomic E-state index is 0.248. The first-order chi connectivity index (χ1) is 62.8. The topological polar surface area (TPSA) is 273 Å². The lowest BCUT2D eigenvalue weighted by molar-refractivity contribution is 0.123. The van der Waals surface area contributed by atoms with Crippen molar-refractivity contribution in [2.24, 2.45) is 0 Å². The number of halogens is 4. The smallest absolute Gasteiger partial charge is 0.161 e. The Bertz CT molecular complexity index is 6060. The Morgan fingerprint density at radius 3 is 1.09 bits per heavy atom. The average molecular weight is 1740 g/mol. The Balaban J connectivity index is 0.000000121. The van der Waals surface area contributed by atoms with Crippen molar-refractivity contribution >= 4 is 113 Å². The number of nitrogens with zero attached hydrogens (tertiary/aromatic N) is 12. The molecule has 0 amide bonds. The van der Waals surface area contributed by atoms with E-state index in [1.807, 2.05) is 68.1 Å². The van der Waals surface area contributed by atoms with E-state index in [1.54, 1.807) is 54.7 Å². The molecule has 28 heteroatoms. The molecular formula is C101H109F4N23O. The third-order valence-corrected chi connectivity index (χ3v) is 23.9. The van der Waals surface area contributed by atoms with Crippen LogP contribution in [0.2, 0.25) is 0 Å². The molecule has 16 aromatic rings. The summed E-state index contributed by atoms with van der Waals surface area (Å²) in [6.45, 7) is 33.9. The number of rotatable bonds is 20. The monoisotopic (exact) mass is 1740 g/mol. The lowest BCUT2D eigenvalue weighted by Crippen LogP contribution is -2.43. The number of hydrogen-bond donors (Lipinski definition) is 11. The number of pyridine rings is 6. The van der Waals surface area contributed by atoms with E-state index in [-0.39, 0.29) is 35.1 Å². The molecule has 4 saturated heterocycles. The van der Waals surface area contributed by atoms with Gasteiger partial charge in [-0.25, -0.2) is 57.4 Å². The van der Waals surface area contributed by atoms with Gasteiger partial charge in [-0.15, -0.1) is 0 Å². The summed E-state index contributed by atoms with van der Waals surface area (Å²) >= 11 is 0. The summed E-state index contributed by atoms with van der Waals surface area (Å²) in [7, 11) is 0. The molecule has 24 nitrogen and oxygen atoms in total. The SMILES string of the molecule is CC(C)c1ccc(-c2ccc(F)cc2)nc1Nc1ccnc2[nH]cc(N3CCNCC3)c12.CC(C)c1ccc(-c2ccc(F)cc2)nc1Nc1ccnc2[nH]cc(N3CCOCC3)c12.CC(C)c1cnc(-c2ccc(F)cc2)nc1Nc1cccc2[nH]cc(N3CCNCC3)c12.Cc1cc(Nc2nc(-c3ccc(F)cc3)ccc2C(C)C)c2c(N3CCNCC3)c[nH]c2n1. The fourth-order valence-electron chi connectivity index (χ4n) is 17.0. The summed E-state index contributed by atoms with van der Waals surface area (Å²) in [6.07, 6.45) is 13.7. The second-order valence-corrected chi connectivity index (χ2v) is 34.0. The van der Waals surface area contributed by atoms with E-state index >= 15 is 0 Å². The van der Waals surface area contributed by atoms with Gasteiger partial charge in [0.1, 0.15) is 63.5 Å². The number of morpholine rings is 1. The average Bonchev–Trinajstić information content (AvgIpc) is 1.66. The van der Waals surface area contributed by atoms with Crippen molar-refractivity contribution in [1.29, 1.82) is 0 Å². The molecule has 0 atom stereocenters. The van der Waals surface area contributed by atoms with Crippen LogP contribution in [-0.2, 0) is 4.74 Å². The highest BCUT2D eigenvalue weighted by Crippen LogP contribution is 2.43. The normalized spacial score (nSPS) is 14.3. The summed E-state index contributed by atoms with van der Waals surface area (Å²) in [6, 6.07) is 50.2. The maximum Gasteiger partial charge on any atom is 0.161 e. The Morgan fingerprint density at radius 1 is 0.333 bits per heavy atom. The van der Waals surface area contributed by atoms with Crippen molar-refractivity contribution < 1.29 is 22.3 Å². The van der Waals surface area contributed by atoms with Crippen LogP contribution < -0.4 is 56.8 Å². The maximum absolute atomic E-state index is 13.4. The summed E-state index contributed by atoms with van der Waals surface area (Å²) < 4.78 is 59.1. The molecule has 4 aliphatic heterocycles. The van der Waals surface area contributed by atoms with Gasteiger partial charge in [-0.05, 0) is 193 Å². The fourth-order valence-corrected chi connectivity index (χ4v) is 17.0. The molecular weight excluding hydrogens is 1630 g/mol. The van der Waals surface area contributed by atoms with E-state index in [0.717, 1.165) is 266 Å². The largest absolute Gasteiger partial charge is 0.378 e. The first-order valence-corrected chi connectivity index (χ1v) is 44.5. The van der Waals surface area contributed by atoms with E-state index in [4.69, 9.17) is 29.7 Å². The van der Waals surface area contributed by atoms with Crippen molar-refractivity contribution in [3.63, 3.8) is 0 Å². The van der Waals surface area contributed by atoms with E-state index < -0.39 is 0 Å². The van der Waals surface area contributed by atoms with Gasteiger partial charge in [0.15, 0.2) is 5.82 Å². The van der Waals surface area contributed by atoms with E-state index in [1.165, 1.54) is 54.2 Å². The number of nitrogens with one attached hydrogen (secondary N) is 11. The number of fused-ring (bicyclic) bond motifs is 4. The Labute approximate surface area is 748 Å². The molecule has 662 valence electrons. The molecule has 5 aromatic carbocycles. The first-order valence-electron chi connectivity index (χ1n) is 44.5. The summed E-state index contributed by atoms with van der Waals surface area (Å²) in [5, 5.41) is 29.0. The molecule has 15 heterocycles. The van der Waals surface area contributed by atoms with Crippen LogP contribution in [0.3, 0.4) is 0 Å². The number of anilines is 12.